The molecule has 7 heteroatoms. The monoisotopic (exact) mass is 271 g/mol. The van der Waals surface area contributed by atoms with Crippen LogP contribution in [0.2, 0.25) is 0 Å². The molecule has 0 aliphatic carbocycles. The Hall–Kier alpha value is -2.88. The molecular formula is C13H13N5O2. The molecule has 7 nitrogen and oxygen atoms in total. The first-order valence-corrected chi connectivity index (χ1v) is 5.99. The van der Waals surface area contributed by atoms with Gasteiger partial charge in [0.15, 0.2) is 0 Å². The van der Waals surface area contributed by atoms with Gasteiger partial charge in [0.05, 0.1) is 22.2 Å². The van der Waals surface area contributed by atoms with Gasteiger partial charge in [-0.3, -0.25) is 10.1 Å². The molecule has 0 fully saturated rings. The van der Waals surface area contributed by atoms with Gasteiger partial charge >= 0.3 is 5.69 Å². The highest BCUT2D eigenvalue weighted by Gasteiger charge is 2.28. The third-order valence-electron chi connectivity index (χ3n) is 2.87. The first-order chi connectivity index (χ1) is 9.45. The zero-order chi connectivity index (χ0) is 14.9. The lowest BCUT2D eigenvalue weighted by Gasteiger charge is -2.03. The fraction of sp³-hybridized carbons (Fsp3) is 0.231. The molecule has 0 spiro atoms. The molecule has 0 amide bonds. The fourth-order valence-electron chi connectivity index (χ4n) is 1.92. The molecule has 2 N–H and O–H groups in total. The van der Waals surface area contributed by atoms with Crippen LogP contribution in [0.5, 0.6) is 0 Å². The summed E-state index contributed by atoms with van der Waals surface area (Å²) in [6.07, 6.45) is 0. The summed E-state index contributed by atoms with van der Waals surface area (Å²) in [7, 11) is 0. The number of nitrogen functional groups attached to an aromatic ring is 1. The maximum absolute atomic E-state index is 11.1. The number of hydrogen-bond acceptors (Lipinski definition) is 5. The Balaban J connectivity index is 2.66. The second-order valence-corrected chi connectivity index (χ2v) is 4.60. The number of nitriles is 1. The van der Waals surface area contributed by atoms with Crippen molar-refractivity contribution < 1.29 is 4.92 Å². The van der Waals surface area contributed by atoms with Crippen molar-refractivity contribution in [1.29, 1.82) is 5.26 Å². The zero-order valence-corrected chi connectivity index (χ0v) is 11.1. The lowest BCUT2D eigenvalue weighted by atomic mass is 10.1. The summed E-state index contributed by atoms with van der Waals surface area (Å²) >= 11 is 0. The molecule has 0 aliphatic heterocycles. The number of anilines is 1. The van der Waals surface area contributed by atoms with Gasteiger partial charge in [-0.1, -0.05) is 19.9 Å². The van der Waals surface area contributed by atoms with Gasteiger partial charge in [0.25, 0.3) is 0 Å². The largest absolute Gasteiger partial charge is 0.378 e. The number of hydrogen-bond donors (Lipinski definition) is 1. The summed E-state index contributed by atoms with van der Waals surface area (Å²) in [6, 6.07) is 8.60. The number of nitro groups is 1. The van der Waals surface area contributed by atoms with Crippen molar-refractivity contribution in [1.82, 2.24) is 9.78 Å². The second-order valence-electron chi connectivity index (χ2n) is 4.60. The maximum Gasteiger partial charge on any atom is 0.334 e. The van der Waals surface area contributed by atoms with Crippen LogP contribution in [0.3, 0.4) is 0 Å². The number of nitrogens with two attached hydrogens (primary N) is 1. The van der Waals surface area contributed by atoms with Crippen LogP contribution in [0, 0.1) is 21.4 Å². The highest BCUT2D eigenvalue weighted by Crippen LogP contribution is 2.33. The molecule has 0 aliphatic rings. The molecule has 20 heavy (non-hydrogen) atoms. The predicted molar refractivity (Wildman–Crippen MR) is 73.4 cm³/mol. The van der Waals surface area contributed by atoms with Crippen LogP contribution in [0.4, 0.5) is 11.5 Å². The molecular weight excluding hydrogens is 258 g/mol. The summed E-state index contributed by atoms with van der Waals surface area (Å²) in [5.74, 6) is -0.160. The van der Waals surface area contributed by atoms with E-state index in [1.54, 1.807) is 24.3 Å². The van der Waals surface area contributed by atoms with Gasteiger partial charge in [-0.05, 0) is 18.2 Å². The van der Waals surface area contributed by atoms with Crippen LogP contribution in [0.15, 0.2) is 24.3 Å². The van der Waals surface area contributed by atoms with E-state index in [9.17, 15) is 10.1 Å². The van der Waals surface area contributed by atoms with Crippen molar-refractivity contribution in [3.05, 3.63) is 45.6 Å². The van der Waals surface area contributed by atoms with E-state index in [2.05, 4.69) is 5.10 Å². The summed E-state index contributed by atoms with van der Waals surface area (Å²) < 4.78 is 1.30. The molecule has 0 saturated carbocycles. The minimum absolute atomic E-state index is 0.0335. The van der Waals surface area contributed by atoms with Crippen molar-refractivity contribution in [2.75, 3.05) is 5.73 Å². The Bertz CT molecular complexity index is 712. The van der Waals surface area contributed by atoms with Crippen molar-refractivity contribution >= 4 is 11.5 Å². The van der Waals surface area contributed by atoms with E-state index in [0.717, 1.165) is 0 Å². The normalized spacial score (nSPS) is 10.5. The molecule has 2 aromatic rings. The van der Waals surface area contributed by atoms with Crippen LogP contribution in [-0.4, -0.2) is 14.7 Å². The third-order valence-corrected chi connectivity index (χ3v) is 2.87. The average molecular weight is 271 g/mol. The topological polar surface area (TPSA) is 111 Å². The molecule has 1 aromatic carbocycles. The summed E-state index contributed by atoms with van der Waals surface area (Å²) in [4.78, 5) is 10.6. The number of nitrogens with zero attached hydrogens (tertiary/aromatic N) is 4. The Morgan fingerprint density at radius 2 is 2.20 bits per heavy atom. The van der Waals surface area contributed by atoms with Crippen molar-refractivity contribution in [2.24, 2.45) is 0 Å². The molecule has 102 valence electrons. The molecule has 0 saturated heterocycles. The van der Waals surface area contributed by atoms with E-state index in [-0.39, 0.29) is 17.4 Å². The highest BCUT2D eigenvalue weighted by molar-refractivity contribution is 5.61. The first kappa shape index (κ1) is 13.5. The van der Waals surface area contributed by atoms with Crippen molar-refractivity contribution in [3.63, 3.8) is 0 Å². The summed E-state index contributed by atoms with van der Waals surface area (Å²) in [5, 5.41) is 24.2. The summed E-state index contributed by atoms with van der Waals surface area (Å²) in [5.41, 5.74) is 6.95. The fourth-order valence-corrected chi connectivity index (χ4v) is 1.92. The summed E-state index contributed by atoms with van der Waals surface area (Å²) in [6.45, 7) is 3.62. The Labute approximate surface area is 115 Å². The Kier molecular flexibility index (Phi) is 3.39. The van der Waals surface area contributed by atoms with Gasteiger partial charge in [-0.15, -0.1) is 0 Å². The minimum Gasteiger partial charge on any atom is -0.378 e. The maximum atomic E-state index is 11.1. The van der Waals surface area contributed by atoms with E-state index in [1.165, 1.54) is 4.68 Å². The van der Waals surface area contributed by atoms with Gasteiger partial charge in [-0.2, -0.15) is 10.4 Å². The van der Waals surface area contributed by atoms with Crippen molar-refractivity contribution in [2.45, 2.75) is 19.8 Å². The average Bonchev–Trinajstić information content (AvgIpc) is 2.77. The van der Waals surface area contributed by atoms with Gasteiger partial charge in [0, 0.05) is 5.92 Å². The lowest BCUT2D eigenvalue weighted by Crippen LogP contribution is -2.03. The van der Waals surface area contributed by atoms with E-state index >= 15 is 0 Å². The number of rotatable bonds is 3. The molecule has 2 rings (SSSR count). The number of benzene rings is 1. The minimum atomic E-state index is -0.525. The standard InChI is InChI=1S/C13H13N5O2/c1-8(2)11-12(18(19)20)13(15)17(16-11)10-5-3-4-9(6-10)7-14/h3-6,8H,15H2,1-2H3. The van der Waals surface area contributed by atoms with E-state index in [0.29, 0.717) is 16.9 Å². The van der Waals surface area contributed by atoms with Crippen LogP contribution < -0.4 is 5.73 Å². The molecule has 0 radical (unpaired) electrons. The molecule has 1 heterocycles. The van der Waals surface area contributed by atoms with E-state index < -0.39 is 4.92 Å². The third kappa shape index (κ3) is 2.19. The SMILES string of the molecule is CC(C)c1nn(-c2cccc(C#N)c2)c(N)c1[N+](=O)[O-]. The van der Waals surface area contributed by atoms with Gasteiger partial charge < -0.3 is 5.73 Å². The number of aromatic nitrogens is 2. The van der Waals surface area contributed by atoms with Crippen LogP contribution >= 0.6 is 0 Å². The molecule has 0 unspecified atom stereocenters. The highest BCUT2D eigenvalue weighted by atomic mass is 16.6. The zero-order valence-electron chi connectivity index (χ0n) is 11.1. The predicted octanol–water partition coefficient (Wildman–Crippen LogP) is 2.36. The van der Waals surface area contributed by atoms with Crippen LogP contribution in [0.1, 0.15) is 31.0 Å². The lowest BCUT2D eigenvalue weighted by molar-refractivity contribution is -0.384. The van der Waals surface area contributed by atoms with Crippen LogP contribution in [-0.2, 0) is 0 Å². The molecule has 1 aromatic heterocycles. The molecule has 0 atom stereocenters. The van der Waals surface area contributed by atoms with E-state index in [4.69, 9.17) is 11.0 Å². The smallest absolute Gasteiger partial charge is 0.334 e. The van der Waals surface area contributed by atoms with Gasteiger partial charge in [-0.25, -0.2) is 4.68 Å². The Morgan fingerprint density at radius 1 is 1.50 bits per heavy atom. The van der Waals surface area contributed by atoms with Gasteiger partial charge in [0.2, 0.25) is 5.82 Å². The molecule has 0 bridgehead atoms. The van der Waals surface area contributed by atoms with Gasteiger partial charge in [0.1, 0.15) is 5.69 Å². The first-order valence-electron chi connectivity index (χ1n) is 5.99. The van der Waals surface area contributed by atoms with E-state index in [1.807, 2.05) is 19.9 Å². The second kappa shape index (κ2) is 5.01. The van der Waals surface area contributed by atoms with Crippen molar-refractivity contribution in [3.8, 4) is 11.8 Å². The Morgan fingerprint density at radius 3 is 2.70 bits per heavy atom. The van der Waals surface area contributed by atoms with Crippen LogP contribution in [0.25, 0.3) is 5.69 Å². The quantitative estimate of drug-likeness (QED) is 0.680.